The number of benzene rings is 2. The van der Waals surface area contributed by atoms with Gasteiger partial charge in [-0.25, -0.2) is 5.43 Å². The van der Waals surface area contributed by atoms with Crippen LogP contribution in [0.5, 0.6) is 11.5 Å². The van der Waals surface area contributed by atoms with Crippen LogP contribution < -0.4 is 20.2 Å². The lowest BCUT2D eigenvalue weighted by molar-refractivity contribution is -0.119. The minimum atomic E-state index is -0.228. The summed E-state index contributed by atoms with van der Waals surface area (Å²) in [6.07, 6.45) is 0. The molecule has 0 aliphatic carbocycles. The average Bonchev–Trinajstić information content (AvgIpc) is 2.69. The number of hydrazone groups is 1. The summed E-state index contributed by atoms with van der Waals surface area (Å²) >= 11 is 0. The Balaban J connectivity index is 1.83. The molecule has 0 heterocycles. The van der Waals surface area contributed by atoms with Crippen LogP contribution in [0.25, 0.3) is 0 Å². The third-order valence-electron chi connectivity index (χ3n) is 3.73. The van der Waals surface area contributed by atoms with E-state index in [4.69, 9.17) is 9.47 Å². The largest absolute Gasteiger partial charge is 0.497 e. The van der Waals surface area contributed by atoms with E-state index in [1.807, 2.05) is 55.5 Å². The van der Waals surface area contributed by atoms with Gasteiger partial charge in [-0.1, -0.05) is 19.9 Å². The van der Waals surface area contributed by atoms with Crippen molar-refractivity contribution >= 4 is 17.3 Å². The van der Waals surface area contributed by atoms with Gasteiger partial charge in [-0.15, -0.1) is 0 Å². The molecule has 0 spiro atoms. The van der Waals surface area contributed by atoms with E-state index in [-0.39, 0.29) is 12.5 Å². The molecule has 0 radical (unpaired) electrons. The molecule has 0 bridgehead atoms. The molecule has 0 atom stereocenters. The van der Waals surface area contributed by atoms with E-state index in [9.17, 15) is 4.79 Å². The maximum absolute atomic E-state index is 12.0. The summed E-state index contributed by atoms with van der Waals surface area (Å²) in [5, 5.41) is 7.19. The third-order valence-corrected chi connectivity index (χ3v) is 3.73. The van der Waals surface area contributed by atoms with Gasteiger partial charge in [0.15, 0.2) is 0 Å². The highest BCUT2D eigenvalue weighted by Gasteiger charge is 2.03. The molecule has 0 fully saturated rings. The van der Waals surface area contributed by atoms with Gasteiger partial charge in [-0.3, -0.25) is 4.79 Å². The number of hydrogen-bond donors (Lipinski definition) is 2. The van der Waals surface area contributed by atoms with Gasteiger partial charge >= 0.3 is 0 Å². The fraction of sp³-hybridized carbons (Fsp3) is 0.333. The molecule has 2 aromatic carbocycles. The van der Waals surface area contributed by atoms with Crippen molar-refractivity contribution < 1.29 is 14.3 Å². The summed E-state index contributed by atoms with van der Waals surface area (Å²) in [6, 6.07) is 15.1. The molecular formula is C21H27N3O3. The number of hydrogen-bond acceptors (Lipinski definition) is 5. The lowest BCUT2D eigenvalue weighted by Gasteiger charge is -2.09. The Bertz CT molecular complexity index is 770. The second kappa shape index (κ2) is 10.2. The molecule has 0 aliphatic rings. The van der Waals surface area contributed by atoms with E-state index >= 15 is 0 Å². The van der Waals surface area contributed by atoms with Crippen LogP contribution in [-0.4, -0.2) is 31.9 Å². The van der Waals surface area contributed by atoms with Crippen molar-refractivity contribution in [3.8, 4) is 11.5 Å². The van der Waals surface area contributed by atoms with E-state index in [0.717, 1.165) is 28.5 Å². The molecule has 0 unspecified atom stereocenters. The zero-order chi connectivity index (χ0) is 19.6. The number of carbonyl (C=O) groups excluding carboxylic acids is 1. The summed E-state index contributed by atoms with van der Waals surface area (Å²) in [7, 11) is 1.60. The Morgan fingerprint density at radius 3 is 2.52 bits per heavy atom. The lowest BCUT2D eigenvalue weighted by Crippen LogP contribution is -2.26. The molecule has 27 heavy (non-hydrogen) atoms. The van der Waals surface area contributed by atoms with Crippen molar-refractivity contribution in [1.29, 1.82) is 0 Å². The van der Waals surface area contributed by atoms with Crippen molar-refractivity contribution in [3.05, 3.63) is 54.1 Å². The molecule has 0 aromatic heterocycles. The molecular weight excluding hydrogens is 342 g/mol. The topological polar surface area (TPSA) is 72.0 Å². The number of anilines is 1. The van der Waals surface area contributed by atoms with Crippen LogP contribution in [0.4, 0.5) is 5.69 Å². The first-order valence-corrected chi connectivity index (χ1v) is 8.92. The number of carbonyl (C=O) groups is 1. The van der Waals surface area contributed by atoms with Gasteiger partial charge in [-0.05, 0) is 54.8 Å². The van der Waals surface area contributed by atoms with Crippen LogP contribution in [0.1, 0.15) is 26.3 Å². The summed E-state index contributed by atoms with van der Waals surface area (Å²) in [5.41, 5.74) is 5.01. The Labute approximate surface area is 160 Å². The number of methoxy groups -OCH3 is 1. The van der Waals surface area contributed by atoms with Crippen molar-refractivity contribution in [2.75, 3.05) is 25.6 Å². The highest BCUT2D eigenvalue weighted by atomic mass is 16.5. The quantitative estimate of drug-likeness (QED) is 0.522. The molecule has 144 valence electrons. The van der Waals surface area contributed by atoms with Gasteiger partial charge in [0.25, 0.3) is 5.91 Å². The van der Waals surface area contributed by atoms with Crippen LogP contribution in [-0.2, 0) is 4.79 Å². The molecule has 6 nitrogen and oxygen atoms in total. The second-order valence-corrected chi connectivity index (χ2v) is 6.55. The Kier molecular flexibility index (Phi) is 7.67. The SMILES string of the molecule is COc1cccc(NCC(=O)N/N=C(/C)c2ccc(OCC(C)C)cc2)c1. The average molecular weight is 369 g/mol. The molecule has 2 rings (SSSR count). The van der Waals surface area contributed by atoms with E-state index in [2.05, 4.69) is 29.7 Å². The van der Waals surface area contributed by atoms with E-state index in [1.165, 1.54) is 0 Å². The predicted molar refractivity (Wildman–Crippen MR) is 109 cm³/mol. The van der Waals surface area contributed by atoms with Crippen molar-refractivity contribution in [2.45, 2.75) is 20.8 Å². The van der Waals surface area contributed by atoms with E-state index in [1.54, 1.807) is 7.11 Å². The van der Waals surface area contributed by atoms with Gasteiger partial charge in [0.1, 0.15) is 11.5 Å². The Morgan fingerprint density at radius 1 is 1.11 bits per heavy atom. The molecule has 2 N–H and O–H groups in total. The van der Waals surface area contributed by atoms with Gasteiger partial charge in [0.05, 0.1) is 26.0 Å². The first kappa shape index (κ1) is 20.3. The van der Waals surface area contributed by atoms with Gasteiger partial charge < -0.3 is 14.8 Å². The number of rotatable bonds is 9. The summed E-state index contributed by atoms with van der Waals surface area (Å²) < 4.78 is 10.8. The number of nitrogens with one attached hydrogen (secondary N) is 2. The monoisotopic (exact) mass is 369 g/mol. The molecule has 0 saturated carbocycles. The zero-order valence-electron chi connectivity index (χ0n) is 16.3. The van der Waals surface area contributed by atoms with Crippen molar-refractivity contribution in [3.63, 3.8) is 0 Å². The molecule has 1 amide bonds. The molecule has 0 saturated heterocycles. The minimum Gasteiger partial charge on any atom is -0.497 e. The van der Waals surface area contributed by atoms with Gasteiger partial charge in [0.2, 0.25) is 0 Å². The predicted octanol–water partition coefficient (Wildman–Crippen LogP) is 3.68. The second-order valence-electron chi connectivity index (χ2n) is 6.55. The van der Waals surface area contributed by atoms with Crippen LogP contribution in [0.2, 0.25) is 0 Å². The number of nitrogens with zero attached hydrogens (tertiary/aromatic N) is 1. The first-order chi connectivity index (χ1) is 13.0. The maximum atomic E-state index is 12.0. The minimum absolute atomic E-state index is 0.117. The normalized spacial score (nSPS) is 11.2. The summed E-state index contributed by atoms with van der Waals surface area (Å²) in [6.45, 7) is 6.86. The Hall–Kier alpha value is -3.02. The maximum Gasteiger partial charge on any atom is 0.259 e. The van der Waals surface area contributed by atoms with Gasteiger partial charge in [-0.2, -0.15) is 5.10 Å². The van der Waals surface area contributed by atoms with Crippen molar-refractivity contribution in [2.24, 2.45) is 11.0 Å². The zero-order valence-corrected chi connectivity index (χ0v) is 16.3. The third kappa shape index (κ3) is 7.01. The first-order valence-electron chi connectivity index (χ1n) is 8.92. The fourth-order valence-electron chi connectivity index (χ4n) is 2.22. The highest BCUT2D eigenvalue weighted by molar-refractivity contribution is 5.99. The van der Waals surface area contributed by atoms with Crippen molar-refractivity contribution in [1.82, 2.24) is 5.43 Å². The lowest BCUT2D eigenvalue weighted by atomic mass is 10.1. The van der Waals surface area contributed by atoms with Crippen LogP contribution in [0, 0.1) is 5.92 Å². The molecule has 0 aliphatic heterocycles. The Morgan fingerprint density at radius 2 is 1.85 bits per heavy atom. The number of ether oxygens (including phenoxy) is 2. The smallest absolute Gasteiger partial charge is 0.259 e. The molecule has 2 aromatic rings. The summed E-state index contributed by atoms with van der Waals surface area (Å²) in [4.78, 5) is 12.0. The van der Waals surface area contributed by atoms with E-state index < -0.39 is 0 Å². The van der Waals surface area contributed by atoms with Crippen LogP contribution >= 0.6 is 0 Å². The summed E-state index contributed by atoms with van der Waals surface area (Å²) in [5.74, 6) is 1.81. The standard InChI is InChI=1S/C21H27N3O3/c1-15(2)14-27-19-10-8-17(9-11-19)16(3)23-24-21(25)13-22-18-6-5-7-20(12-18)26-4/h5-12,15,22H,13-14H2,1-4H3,(H,24,25)/b23-16-. The number of amides is 1. The van der Waals surface area contributed by atoms with Gasteiger partial charge in [0, 0.05) is 11.8 Å². The van der Waals surface area contributed by atoms with E-state index in [0.29, 0.717) is 12.5 Å². The van der Waals surface area contributed by atoms with Crippen LogP contribution in [0.15, 0.2) is 53.6 Å². The highest BCUT2D eigenvalue weighted by Crippen LogP contribution is 2.16. The van der Waals surface area contributed by atoms with Crippen LogP contribution in [0.3, 0.4) is 0 Å². The molecule has 6 heteroatoms. The fourth-order valence-corrected chi connectivity index (χ4v) is 2.22.